The lowest BCUT2D eigenvalue weighted by Crippen LogP contribution is -2.32. The molecule has 0 bridgehead atoms. The molecule has 0 aromatic carbocycles. The number of carboxylic acids is 1. The normalized spacial score (nSPS) is 27.9. The molecule has 2 rings (SSSR count). The van der Waals surface area contributed by atoms with E-state index in [9.17, 15) is 19.2 Å². The smallest absolute Gasteiger partial charge is 0.333 e. The summed E-state index contributed by atoms with van der Waals surface area (Å²) >= 11 is 0. The Morgan fingerprint density at radius 2 is 1.33 bits per heavy atom. The minimum absolute atomic E-state index is 0.213. The van der Waals surface area contributed by atoms with Crippen molar-refractivity contribution in [2.45, 2.75) is 57.5 Å². The van der Waals surface area contributed by atoms with Gasteiger partial charge < -0.3 is 19.3 Å². The van der Waals surface area contributed by atoms with Gasteiger partial charge in [0.05, 0.1) is 17.8 Å². The van der Waals surface area contributed by atoms with E-state index in [2.05, 4.69) is 11.3 Å². The number of rotatable bonds is 7. The molecule has 2 fully saturated rings. The summed E-state index contributed by atoms with van der Waals surface area (Å²) in [6, 6.07) is 0. The molecule has 0 atom stereocenters. The van der Waals surface area contributed by atoms with Gasteiger partial charge in [0.25, 0.3) is 0 Å². The highest BCUT2D eigenvalue weighted by atomic mass is 16.7. The standard InChI is InChI=1S/C19H26O8/c1-2-16(20)25-11-26-18(23)13-3-5-14(6-4-13)19(24)27-15-9-7-12(8-10-15)17(21)22/h2,12-15H,1,3-11H2,(H,21,22). The van der Waals surface area contributed by atoms with Crippen LogP contribution in [0, 0.1) is 17.8 Å². The topological polar surface area (TPSA) is 116 Å². The Hall–Kier alpha value is -2.38. The molecule has 0 amide bonds. The first kappa shape index (κ1) is 20.9. The van der Waals surface area contributed by atoms with Crippen LogP contribution in [0.4, 0.5) is 0 Å². The second-order valence-electron chi connectivity index (χ2n) is 7.05. The lowest BCUT2D eigenvalue weighted by molar-refractivity contribution is -0.170. The number of ether oxygens (including phenoxy) is 3. The number of carbonyl (C=O) groups is 4. The first-order valence-electron chi connectivity index (χ1n) is 9.29. The Kier molecular flexibility index (Phi) is 7.82. The Bertz CT molecular complexity index is 568. The molecule has 0 unspecified atom stereocenters. The highest BCUT2D eigenvalue weighted by molar-refractivity contribution is 5.81. The van der Waals surface area contributed by atoms with Crippen molar-refractivity contribution in [2.75, 3.05) is 6.79 Å². The predicted octanol–water partition coefficient (Wildman–Crippen LogP) is 2.21. The van der Waals surface area contributed by atoms with E-state index in [0.29, 0.717) is 51.4 Å². The molecule has 27 heavy (non-hydrogen) atoms. The summed E-state index contributed by atoms with van der Waals surface area (Å²) < 4.78 is 15.1. The lowest BCUT2D eigenvalue weighted by atomic mass is 9.82. The van der Waals surface area contributed by atoms with Crippen LogP contribution < -0.4 is 0 Å². The molecule has 0 heterocycles. The highest BCUT2D eigenvalue weighted by Gasteiger charge is 2.34. The second kappa shape index (κ2) is 10.1. The van der Waals surface area contributed by atoms with Crippen molar-refractivity contribution in [1.82, 2.24) is 0 Å². The fourth-order valence-corrected chi connectivity index (χ4v) is 3.58. The molecule has 0 spiro atoms. The van der Waals surface area contributed by atoms with Gasteiger partial charge in [0.15, 0.2) is 0 Å². The molecule has 0 radical (unpaired) electrons. The van der Waals surface area contributed by atoms with Crippen LogP contribution in [0.15, 0.2) is 12.7 Å². The maximum absolute atomic E-state index is 12.3. The summed E-state index contributed by atoms with van der Waals surface area (Å²) in [6.45, 7) is 2.80. The molecule has 150 valence electrons. The first-order chi connectivity index (χ1) is 12.9. The Balaban J connectivity index is 1.67. The van der Waals surface area contributed by atoms with Crippen LogP contribution in [0.3, 0.4) is 0 Å². The number of esters is 3. The van der Waals surface area contributed by atoms with E-state index >= 15 is 0 Å². The number of aliphatic carboxylic acids is 1. The molecule has 2 aliphatic rings. The Labute approximate surface area is 157 Å². The van der Waals surface area contributed by atoms with Gasteiger partial charge in [-0.25, -0.2) is 4.79 Å². The average Bonchev–Trinajstić information content (AvgIpc) is 2.68. The van der Waals surface area contributed by atoms with E-state index in [1.165, 1.54) is 0 Å². The van der Waals surface area contributed by atoms with Crippen LogP contribution >= 0.6 is 0 Å². The van der Waals surface area contributed by atoms with Gasteiger partial charge in [-0.05, 0) is 51.4 Å². The van der Waals surface area contributed by atoms with E-state index in [1.807, 2.05) is 0 Å². The minimum Gasteiger partial charge on any atom is -0.481 e. The summed E-state index contributed by atoms with van der Waals surface area (Å²) in [6.07, 6.45) is 5.09. The monoisotopic (exact) mass is 382 g/mol. The van der Waals surface area contributed by atoms with Crippen molar-refractivity contribution in [3.63, 3.8) is 0 Å². The molecule has 8 heteroatoms. The third-order valence-electron chi connectivity index (χ3n) is 5.27. The molecule has 0 aromatic rings. The molecule has 2 aliphatic carbocycles. The predicted molar refractivity (Wildman–Crippen MR) is 92.2 cm³/mol. The largest absolute Gasteiger partial charge is 0.481 e. The van der Waals surface area contributed by atoms with Gasteiger partial charge in [0.2, 0.25) is 6.79 Å². The molecule has 8 nitrogen and oxygen atoms in total. The van der Waals surface area contributed by atoms with Crippen LogP contribution in [0.1, 0.15) is 51.4 Å². The summed E-state index contributed by atoms with van der Waals surface area (Å²) in [4.78, 5) is 46.1. The van der Waals surface area contributed by atoms with Crippen molar-refractivity contribution in [3.8, 4) is 0 Å². The zero-order valence-electron chi connectivity index (χ0n) is 15.3. The number of carboxylic acid groups (broad SMARTS) is 1. The van der Waals surface area contributed by atoms with Crippen LogP contribution in [-0.2, 0) is 33.4 Å². The maximum atomic E-state index is 12.3. The molecular formula is C19H26O8. The van der Waals surface area contributed by atoms with Crippen molar-refractivity contribution in [2.24, 2.45) is 17.8 Å². The first-order valence-corrected chi connectivity index (χ1v) is 9.29. The third kappa shape index (κ3) is 6.37. The Morgan fingerprint density at radius 3 is 1.85 bits per heavy atom. The van der Waals surface area contributed by atoms with Gasteiger partial charge in [-0.1, -0.05) is 6.58 Å². The average molecular weight is 382 g/mol. The summed E-state index contributed by atoms with van der Waals surface area (Å²) in [5.74, 6) is -3.05. The highest BCUT2D eigenvalue weighted by Crippen LogP contribution is 2.32. The molecule has 1 N–H and O–H groups in total. The summed E-state index contributed by atoms with van der Waals surface area (Å²) in [5.41, 5.74) is 0. The van der Waals surface area contributed by atoms with Crippen molar-refractivity contribution in [3.05, 3.63) is 12.7 Å². The SMILES string of the molecule is C=CC(=O)OCOC(=O)C1CCC(C(=O)OC2CCC(C(=O)O)CC2)CC1. The maximum Gasteiger partial charge on any atom is 0.333 e. The summed E-state index contributed by atoms with van der Waals surface area (Å²) in [5, 5.41) is 9.00. The molecule has 0 saturated heterocycles. The zero-order chi connectivity index (χ0) is 19.8. The molecule has 0 aromatic heterocycles. The minimum atomic E-state index is -0.788. The molecular weight excluding hydrogens is 356 g/mol. The second-order valence-corrected chi connectivity index (χ2v) is 7.05. The van der Waals surface area contributed by atoms with E-state index in [4.69, 9.17) is 14.6 Å². The fraction of sp³-hybridized carbons (Fsp3) is 0.684. The molecule has 0 aliphatic heterocycles. The van der Waals surface area contributed by atoms with Crippen LogP contribution in [0.2, 0.25) is 0 Å². The van der Waals surface area contributed by atoms with Gasteiger partial charge in [0.1, 0.15) is 6.10 Å². The third-order valence-corrected chi connectivity index (χ3v) is 5.27. The van der Waals surface area contributed by atoms with E-state index in [1.54, 1.807) is 0 Å². The van der Waals surface area contributed by atoms with Crippen LogP contribution in [-0.4, -0.2) is 41.9 Å². The summed E-state index contributed by atoms with van der Waals surface area (Å²) in [7, 11) is 0. The quantitative estimate of drug-likeness (QED) is 0.405. The van der Waals surface area contributed by atoms with Crippen molar-refractivity contribution >= 4 is 23.9 Å². The van der Waals surface area contributed by atoms with Crippen molar-refractivity contribution < 1.29 is 38.5 Å². The van der Waals surface area contributed by atoms with E-state index < -0.39 is 24.7 Å². The van der Waals surface area contributed by atoms with Gasteiger partial charge >= 0.3 is 23.9 Å². The van der Waals surface area contributed by atoms with Gasteiger partial charge in [-0.3, -0.25) is 14.4 Å². The van der Waals surface area contributed by atoms with Crippen LogP contribution in [0.5, 0.6) is 0 Å². The van der Waals surface area contributed by atoms with E-state index in [0.717, 1.165) is 6.08 Å². The van der Waals surface area contributed by atoms with Gasteiger partial charge in [-0.15, -0.1) is 0 Å². The molecule has 2 saturated carbocycles. The number of carbonyl (C=O) groups excluding carboxylic acids is 3. The van der Waals surface area contributed by atoms with Gasteiger partial charge in [-0.2, -0.15) is 0 Å². The van der Waals surface area contributed by atoms with Crippen molar-refractivity contribution in [1.29, 1.82) is 0 Å². The fourth-order valence-electron chi connectivity index (χ4n) is 3.58. The van der Waals surface area contributed by atoms with Gasteiger partial charge in [0, 0.05) is 6.08 Å². The van der Waals surface area contributed by atoms with E-state index in [-0.39, 0.29) is 29.8 Å². The zero-order valence-corrected chi connectivity index (χ0v) is 15.3. The number of hydrogen-bond acceptors (Lipinski definition) is 7. The lowest BCUT2D eigenvalue weighted by Gasteiger charge is -2.30. The van der Waals surface area contributed by atoms with Crippen LogP contribution in [0.25, 0.3) is 0 Å². The Morgan fingerprint density at radius 1 is 0.815 bits per heavy atom. The number of hydrogen-bond donors (Lipinski definition) is 1.